The molecule has 3 N–H and O–H groups in total. The summed E-state index contributed by atoms with van der Waals surface area (Å²) < 4.78 is 4.56. The van der Waals surface area contributed by atoms with Crippen molar-refractivity contribution >= 4 is 29.3 Å². The summed E-state index contributed by atoms with van der Waals surface area (Å²) >= 11 is 1.47. The second-order valence-electron chi connectivity index (χ2n) is 3.79. The molecular formula is C13H18N2O3S. The van der Waals surface area contributed by atoms with Crippen LogP contribution in [0.25, 0.3) is 0 Å². The Bertz CT molecular complexity index is 463. The van der Waals surface area contributed by atoms with Crippen LogP contribution in [0.4, 0.5) is 5.69 Å². The normalized spacial score (nSPS) is 10.0. The topological polar surface area (TPSA) is 81.4 Å². The van der Waals surface area contributed by atoms with Gasteiger partial charge in [0.25, 0.3) is 5.91 Å². The number of hydrogen-bond donors (Lipinski definition) is 2. The van der Waals surface area contributed by atoms with Crippen LogP contribution in [0, 0.1) is 0 Å². The number of anilines is 1. The molecule has 6 heteroatoms. The molecule has 0 atom stereocenters. The van der Waals surface area contributed by atoms with Gasteiger partial charge in [-0.2, -0.15) is 0 Å². The molecule has 0 aromatic heterocycles. The highest BCUT2D eigenvalue weighted by Crippen LogP contribution is 2.26. The lowest BCUT2D eigenvalue weighted by Crippen LogP contribution is -2.22. The van der Waals surface area contributed by atoms with Crippen LogP contribution in [0.15, 0.2) is 23.1 Å². The van der Waals surface area contributed by atoms with E-state index < -0.39 is 0 Å². The molecule has 0 spiro atoms. The minimum atomic E-state index is -0.245. The van der Waals surface area contributed by atoms with E-state index in [4.69, 9.17) is 5.73 Å². The third kappa shape index (κ3) is 4.82. The van der Waals surface area contributed by atoms with Crippen LogP contribution in [0.3, 0.4) is 0 Å². The summed E-state index contributed by atoms with van der Waals surface area (Å²) in [6, 6.07) is 5.16. The van der Waals surface area contributed by atoms with Crippen LogP contribution in [0.2, 0.25) is 0 Å². The molecule has 104 valence electrons. The number of carbonyl (C=O) groups is 2. The Morgan fingerprint density at radius 1 is 1.42 bits per heavy atom. The van der Waals surface area contributed by atoms with Crippen LogP contribution < -0.4 is 11.1 Å². The summed E-state index contributed by atoms with van der Waals surface area (Å²) in [5, 5.41) is 2.71. The van der Waals surface area contributed by atoms with Gasteiger partial charge in [0, 0.05) is 28.4 Å². The molecule has 1 aromatic carbocycles. The number of nitrogen functional groups attached to an aromatic ring is 1. The maximum atomic E-state index is 11.6. The SMILES string of the molecule is CCNC(=O)c1ccc(SCCC(=O)OC)c(N)c1. The number of ether oxygens (including phenoxy) is 1. The second kappa shape index (κ2) is 7.68. The molecule has 0 bridgehead atoms. The maximum absolute atomic E-state index is 11.6. The molecule has 19 heavy (non-hydrogen) atoms. The molecule has 1 aromatic rings. The highest BCUT2D eigenvalue weighted by molar-refractivity contribution is 7.99. The lowest BCUT2D eigenvalue weighted by Gasteiger charge is -2.08. The largest absolute Gasteiger partial charge is 0.469 e. The van der Waals surface area contributed by atoms with Gasteiger partial charge in [0.2, 0.25) is 0 Å². The molecule has 0 unspecified atom stereocenters. The molecule has 0 aliphatic heterocycles. The quantitative estimate of drug-likeness (QED) is 0.471. The third-order valence-electron chi connectivity index (χ3n) is 2.40. The zero-order valence-electron chi connectivity index (χ0n) is 11.1. The lowest BCUT2D eigenvalue weighted by molar-refractivity contribution is -0.140. The zero-order valence-corrected chi connectivity index (χ0v) is 11.9. The van der Waals surface area contributed by atoms with Crippen molar-refractivity contribution < 1.29 is 14.3 Å². The van der Waals surface area contributed by atoms with Crippen molar-refractivity contribution in [3.8, 4) is 0 Å². The monoisotopic (exact) mass is 282 g/mol. The van der Waals surface area contributed by atoms with E-state index in [9.17, 15) is 9.59 Å². The molecule has 5 nitrogen and oxygen atoms in total. The van der Waals surface area contributed by atoms with Gasteiger partial charge in [-0.1, -0.05) is 0 Å². The van der Waals surface area contributed by atoms with Crippen LogP contribution >= 0.6 is 11.8 Å². The van der Waals surface area contributed by atoms with Gasteiger partial charge in [0.1, 0.15) is 0 Å². The van der Waals surface area contributed by atoms with Gasteiger partial charge in [-0.3, -0.25) is 9.59 Å². The van der Waals surface area contributed by atoms with Crippen molar-refractivity contribution in [2.24, 2.45) is 0 Å². The highest BCUT2D eigenvalue weighted by Gasteiger charge is 2.08. The van der Waals surface area contributed by atoms with Crippen LogP contribution in [0.1, 0.15) is 23.7 Å². The summed E-state index contributed by atoms with van der Waals surface area (Å²) in [5.74, 6) is 0.211. The number of esters is 1. The molecule has 0 aliphatic rings. The van der Waals surface area contributed by atoms with Crippen molar-refractivity contribution in [3.63, 3.8) is 0 Å². The van der Waals surface area contributed by atoms with Gasteiger partial charge in [-0.25, -0.2) is 0 Å². The molecule has 1 rings (SSSR count). The van der Waals surface area contributed by atoms with E-state index in [1.165, 1.54) is 18.9 Å². The van der Waals surface area contributed by atoms with Crippen molar-refractivity contribution in [1.82, 2.24) is 5.32 Å². The smallest absolute Gasteiger partial charge is 0.306 e. The molecule has 0 fully saturated rings. The minimum Gasteiger partial charge on any atom is -0.469 e. The Hall–Kier alpha value is -1.69. The number of amides is 1. The molecule has 0 radical (unpaired) electrons. The standard InChI is InChI=1S/C13H18N2O3S/c1-3-15-13(17)9-4-5-11(10(14)8-9)19-7-6-12(16)18-2/h4-5,8H,3,6-7,14H2,1-2H3,(H,15,17). The number of methoxy groups -OCH3 is 1. The number of rotatable bonds is 6. The van der Waals surface area contributed by atoms with Gasteiger partial charge in [-0.05, 0) is 25.1 Å². The minimum absolute atomic E-state index is 0.139. The number of nitrogens with one attached hydrogen (secondary N) is 1. The summed E-state index contributed by atoms with van der Waals surface area (Å²) in [6.07, 6.45) is 0.332. The zero-order chi connectivity index (χ0) is 14.3. The Balaban J connectivity index is 2.62. The van der Waals surface area contributed by atoms with E-state index in [0.717, 1.165) is 4.90 Å². The van der Waals surface area contributed by atoms with Gasteiger partial charge in [-0.15, -0.1) is 11.8 Å². The molecule has 0 heterocycles. The average Bonchev–Trinajstić information content (AvgIpc) is 2.40. The van der Waals surface area contributed by atoms with Crippen molar-refractivity contribution in [2.75, 3.05) is 25.1 Å². The van der Waals surface area contributed by atoms with Gasteiger partial charge in [0.15, 0.2) is 0 Å². The van der Waals surface area contributed by atoms with E-state index in [1.807, 2.05) is 6.92 Å². The van der Waals surface area contributed by atoms with Crippen molar-refractivity contribution in [3.05, 3.63) is 23.8 Å². The first-order valence-corrected chi connectivity index (χ1v) is 6.94. The van der Waals surface area contributed by atoms with Crippen molar-refractivity contribution in [1.29, 1.82) is 0 Å². The first-order chi connectivity index (χ1) is 9.08. The lowest BCUT2D eigenvalue weighted by atomic mass is 10.2. The molecule has 1 amide bonds. The van der Waals surface area contributed by atoms with E-state index in [0.29, 0.717) is 30.0 Å². The summed E-state index contributed by atoms with van der Waals surface area (Å²) in [7, 11) is 1.36. The average molecular weight is 282 g/mol. The molecule has 0 saturated carbocycles. The maximum Gasteiger partial charge on any atom is 0.306 e. The van der Waals surface area contributed by atoms with E-state index in [-0.39, 0.29) is 11.9 Å². The predicted molar refractivity (Wildman–Crippen MR) is 76.2 cm³/mol. The summed E-state index contributed by atoms with van der Waals surface area (Å²) in [5.41, 5.74) is 6.97. The molecular weight excluding hydrogens is 264 g/mol. The highest BCUT2D eigenvalue weighted by atomic mass is 32.2. The van der Waals surface area contributed by atoms with Gasteiger partial charge >= 0.3 is 5.97 Å². The van der Waals surface area contributed by atoms with Crippen LogP contribution in [-0.4, -0.2) is 31.3 Å². The number of carbonyl (C=O) groups excluding carboxylic acids is 2. The predicted octanol–water partition coefficient (Wildman–Crippen LogP) is 1.67. The van der Waals surface area contributed by atoms with E-state index in [2.05, 4.69) is 10.1 Å². The number of hydrogen-bond acceptors (Lipinski definition) is 5. The van der Waals surface area contributed by atoms with E-state index in [1.54, 1.807) is 18.2 Å². The Kier molecular flexibility index (Phi) is 6.21. The fourth-order valence-corrected chi connectivity index (χ4v) is 2.31. The van der Waals surface area contributed by atoms with Gasteiger partial charge < -0.3 is 15.8 Å². The van der Waals surface area contributed by atoms with Gasteiger partial charge in [0.05, 0.1) is 13.5 Å². The number of nitrogens with two attached hydrogens (primary N) is 1. The summed E-state index contributed by atoms with van der Waals surface area (Å²) in [4.78, 5) is 23.5. The number of thioether (sulfide) groups is 1. The van der Waals surface area contributed by atoms with Crippen LogP contribution in [0.5, 0.6) is 0 Å². The number of benzene rings is 1. The molecule has 0 aliphatic carbocycles. The Morgan fingerprint density at radius 3 is 2.74 bits per heavy atom. The Morgan fingerprint density at radius 2 is 2.16 bits per heavy atom. The van der Waals surface area contributed by atoms with Crippen LogP contribution in [-0.2, 0) is 9.53 Å². The second-order valence-corrected chi connectivity index (χ2v) is 4.92. The van der Waals surface area contributed by atoms with Crippen molar-refractivity contribution in [2.45, 2.75) is 18.2 Å². The van der Waals surface area contributed by atoms with E-state index >= 15 is 0 Å². The first-order valence-electron chi connectivity index (χ1n) is 5.95. The fourth-order valence-electron chi connectivity index (χ4n) is 1.43. The Labute approximate surface area is 116 Å². The molecule has 0 saturated heterocycles. The first kappa shape index (κ1) is 15.4. The fraction of sp³-hybridized carbons (Fsp3) is 0.385. The summed E-state index contributed by atoms with van der Waals surface area (Å²) in [6.45, 7) is 2.44. The third-order valence-corrected chi connectivity index (χ3v) is 3.49.